The van der Waals surface area contributed by atoms with Crippen molar-refractivity contribution in [1.82, 2.24) is 0 Å². The van der Waals surface area contributed by atoms with Gasteiger partial charge in [0.15, 0.2) is 0 Å². The van der Waals surface area contributed by atoms with Crippen molar-refractivity contribution in [3.63, 3.8) is 0 Å². The molecule has 0 heterocycles. The Labute approximate surface area is 119 Å². The Bertz CT molecular complexity index is 364. The Morgan fingerprint density at radius 3 is 2.28 bits per heavy atom. The first-order valence-electron chi connectivity index (χ1n) is 6.93. The van der Waals surface area contributed by atoms with Gasteiger partial charge >= 0.3 is 0 Å². The van der Waals surface area contributed by atoms with Gasteiger partial charge in [0.05, 0.1) is 12.0 Å². The molecule has 98 valence electrons. The standard InChI is InChI=1S/C16H22BrN/c1-2-3-4-5-6-7-8-15(13-18)14-9-11-16(17)12-10-14/h9-12,15H,2-8H2,1H3/t15-/m0/s1. The molecule has 0 aliphatic carbocycles. The van der Waals surface area contributed by atoms with Crippen LogP contribution in [0.1, 0.15) is 63.4 Å². The highest BCUT2D eigenvalue weighted by molar-refractivity contribution is 9.10. The summed E-state index contributed by atoms with van der Waals surface area (Å²) in [7, 11) is 0. The third-order valence-corrected chi connectivity index (χ3v) is 3.80. The molecule has 1 atom stereocenters. The van der Waals surface area contributed by atoms with Crippen LogP contribution in [0, 0.1) is 11.3 Å². The largest absolute Gasteiger partial charge is 0.198 e. The van der Waals surface area contributed by atoms with Gasteiger partial charge in [0.25, 0.3) is 0 Å². The smallest absolute Gasteiger partial charge is 0.0712 e. The molecule has 0 bridgehead atoms. The van der Waals surface area contributed by atoms with Gasteiger partial charge in [-0.1, -0.05) is 73.5 Å². The maximum absolute atomic E-state index is 9.23. The molecule has 0 aromatic heterocycles. The zero-order valence-corrected chi connectivity index (χ0v) is 12.7. The molecular weight excluding hydrogens is 286 g/mol. The van der Waals surface area contributed by atoms with Gasteiger partial charge in [0.1, 0.15) is 0 Å². The second-order valence-electron chi connectivity index (χ2n) is 4.79. The monoisotopic (exact) mass is 307 g/mol. The van der Waals surface area contributed by atoms with Crippen molar-refractivity contribution in [3.8, 4) is 6.07 Å². The molecule has 18 heavy (non-hydrogen) atoms. The number of rotatable bonds is 8. The highest BCUT2D eigenvalue weighted by Gasteiger charge is 2.09. The predicted octanol–water partition coefficient (Wildman–Crippen LogP) is 5.81. The number of unbranched alkanes of at least 4 members (excludes halogenated alkanes) is 5. The van der Waals surface area contributed by atoms with Gasteiger partial charge in [-0.25, -0.2) is 0 Å². The minimum Gasteiger partial charge on any atom is -0.198 e. The summed E-state index contributed by atoms with van der Waals surface area (Å²) >= 11 is 3.42. The first kappa shape index (κ1) is 15.2. The van der Waals surface area contributed by atoms with Crippen molar-refractivity contribution in [2.75, 3.05) is 0 Å². The molecule has 0 saturated carbocycles. The highest BCUT2D eigenvalue weighted by atomic mass is 79.9. The number of hydrogen-bond donors (Lipinski definition) is 0. The van der Waals surface area contributed by atoms with Crippen LogP contribution < -0.4 is 0 Å². The normalized spacial score (nSPS) is 12.1. The van der Waals surface area contributed by atoms with Crippen molar-refractivity contribution >= 4 is 15.9 Å². The zero-order valence-electron chi connectivity index (χ0n) is 11.2. The molecule has 1 nitrogen and oxygen atoms in total. The average molecular weight is 308 g/mol. The molecule has 1 aromatic carbocycles. The number of benzene rings is 1. The van der Waals surface area contributed by atoms with Gasteiger partial charge in [0.2, 0.25) is 0 Å². The zero-order chi connectivity index (χ0) is 13.2. The molecule has 1 rings (SSSR count). The second-order valence-corrected chi connectivity index (χ2v) is 5.71. The molecule has 0 aliphatic rings. The summed E-state index contributed by atoms with van der Waals surface area (Å²) in [6.07, 6.45) is 8.70. The van der Waals surface area contributed by atoms with E-state index in [0.29, 0.717) is 0 Å². The molecule has 0 N–H and O–H groups in total. The Balaban J connectivity index is 2.30. The van der Waals surface area contributed by atoms with Gasteiger partial charge in [-0.2, -0.15) is 5.26 Å². The van der Waals surface area contributed by atoms with Crippen LogP contribution in [0.3, 0.4) is 0 Å². The lowest BCUT2D eigenvalue weighted by Crippen LogP contribution is -1.95. The fourth-order valence-electron chi connectivity index (χ4n) is 2.13. The van der Waals surface area contributed by atoms with E-state index in [1.807, 2.05) is 12.1 Å². The van der Waals surface area contributed by atoms with E-state index in [-0.39, 0.29) is 5.92 Å². The summed E-state index contributed by atoms with van der Waals surface area (Å²) in [6, 6.07) is 10.6. The van der Waals surface area contributed by atoms with Gasteiger partial charge in [-0.15, -0.1) is 0 Å². The van der Waals surface area contributed by atoms with E-state index in [1.54, 1.807) is 0 Å². The van der Waals surface area contributed by atoms with Crippen molar-refractivity contribution in [1.29, 1.82) is 5.26 Å². The fraction of sp³-hybridized carbons (Fsp3) is 0.562. The highest BCUT2D eigenvalue weighted by Crippen LogP contribution is 2.23. The first-order chi connectivity index (χ1) is 8.77. The number of hydrogen-bond acceptors (Lipinski definition) is 1. The summed E-state index contributed by atoms with van der Waals surface area (Å²) in [5, 5.41) is 9.23. The van der Waals surface area contributed by atoms with E-state index < -0.39 is 0 Å². The first-order valence-corrected chi connectivity index (χ1v) is 7.72. The Kier molecular flexibility index (Phi) is 7.76. The van der Waals surface area contributed by atoms with Gasteiger partial charge in [-0.3, -0.25) is 0 Å². The van der Waals surface area contributed by atoms with E-state index in [4.69, 9.17) is 0 Å². The SMILES string of the molecule is CCCCCCCC[C@@H](C#N)c1ccc(Br)cc1. The molecule has 0 saturated heterocycles. The number of nitrogens with zero attached hydrogens (tertiary/aromatic N) is 1. The topological polar surface area (TPSA) is 23.8 Å². The quantitative estimate of drug-likeness (QED) is 0.556. The predicted molar refractivity (Wildman–Crippen MR) is 80.5 cm³/mol. The number of nitriles is 1. The van der Waals surface area contributed by atoms with Crippen LogP contribution in [0.15, 0.2) is 28.7 Å². The van der Waals surface area contributed by atoms with Crippen LogP contribution >= 0.6 is 15.9 Å². The Morgan fingerprint density at radius 1 is 1.06 bits per heavy atom. The van der Waals surface area contributed by atoms with Gasteiger partial charge < -0.3 is 0 Å². The van der Waals surface area contributed by atoms with Gasteiger partial charge in [-0.05, 0) is 24.1 Å². The van der Waals surface area contributed by atoms with E-state index >= 15 is 0 Å². The van der Waals surface area contributed by atoms with E-state index in [9.17, 15) is 5.26 Å². The summed E-state index contributed by atoms with van der Waals surface area (Å²) < 4.78 is 1.07. The maximum atomic E-state index is 9.23. The van der Waals surface area contributed by atoms with E-state index in [2.05, 4.69) is 41.1 Å². The lowest BCUT2D eigenvalue weighted by molar-refractivity contribution is 0.575. The van der Waals surface area contributed by atoms with Crippen molar-refractivity contribution < 1.29 is 0 Å². The Morgan fingerprint density at radius 2 is 1.67 bits per heavy atom. The molecule has 2 heteroatoms. The number of halogens is 1. The van der Waals surface area contributed by atoms with Crippen LogP contribution in [-0.4, -0.2) is 0 Å². The molecule has 0 amide bonds. The summed E-state index contributed by atoms with van der Waals surface area (Å²) in [5.41, 5.74) is 1.15. The minimum absolute atomic E-state index is 0.0595. The molecule has 0 radical (unpaired) electrons. The van der Waals surface area contributed by atoms with Gasteiger partial charge in [0, 0.05) is 4.47 Å². The van der Waals surface area contributed by atoms with Crippen LogP contribution in [0.25, 0.3) is 0 Å². The van der Waals surface area contributed by atoms with E-state index in [1.165, 1.54) is 32.1 Å². The second kappa shape index (κ2) is 9.16. The third-order valence-electron chi connectivity index (χ3n) is 3.27. The van der Waals surface area contributed by atoms with Crippen molar-refractivity contribution in [2.45, 2.75) is 57.8 Å². The van der Waals surface area contributed by atoms with Crippen LogP contribution in [0.2, 0.25) is 0 Å². The van der Waals surface area contributed by atoms with Crippen LogP contribution in [-0.2, 0) is 0 Å². The Hall–Kier alpha value is -0.810. The summed E-state index contributed by atoms with van der Waals surface area (Å²) in [6.45, 7) is 2.24. The fourth-order valence-corrected chi connectivity index (χ4v) is 2.39. The van der Waals surface area contributed by atoms with Crippen LogP contribution in [0.5, 0.6) is 0 Å². The van der Waals surface area contributed by atoms with Crippen molar-refractivity contribution in [2.24, 2.45) is 0 Å². The summed E-state index contributed by atoms with van der Waals surface area (Å²) in [4.78, 5) is 0. The molecule has 0 spiro atoms. The lowest BCUT2D eigenvalue weighted by Gasteiger charge is -2.09. The van der Waals surface area contributed by atoms with E-state index in [0.717, 1.165) is 22.9 Å². The van der Waals surface area contributed by atoms with Crippen LogP contribution in [0.4, 0.5) is 0 Å². The molecule has 0 fully saturated rings. The maximum Gasteiger partial charge on any atom is 0.0712 e. The molecule has 1 aromatic rings. The minimum atomic E-state index is 0.0595. The molecular formula is C16H22BrN. The van der Waals surface area contributed by atoms with Crippen molar-refractivity contribution in [3.05, 3.63) is 34.3 Å². The lowest BCUT2D eigenvalue weighted by atomic mass is 9.94. The summed E-state index contributed by atoms with van der Waals surface area (Å²) in [5.74, 6) is 0.0595. The third kappa shape index (κ3) is 5.69. The molecule has 0 unspecified atom stereocenters. The molecule has 0 aliphatic heterocycles. The average Bonchev–Trinajstić information content (AvgIpc) is 2.39.